The number of aromatic hydroxyl groups is 1. The average Bonchev–Trinajstić information content (AvgIpc) is 3.05. The molecule has 0 fully saturated rings. The van der Waals surface area contributed by atoms with E-state index in [2.05, 4.69) is 30.9 Å². The van der Waals surface area contributed by atoms with Crippen molar-refractivity contribution in [3.05, 3.63) is 59.0 Å². The molecule has 0 bridgehead atoms. The molecule has 1 aromatic carbocycles. The number of pyridine rings is 2. The number of rotatable bonds is 3. The number of aliphatic hydroxyl groups excluding tert-OH is 1. The van der Waals surface area contributed by atoms with Crippen LogP contribution in [0.1, 0.15) is 5.69 Å². The Kier molecular flexibility index (Phi) is 3.95. The second kappa shape index (κ2) is 6.27. The average molecular weight is 398 g/mol. The number of halogens is 1. The first-order valence-electron chi connectivity index (χ1n) is 7.45. The van der Waals surface area contributed by atoms with Gasteiger partial charge in [0.2, 0.25) is 5.89 Å². The summed E-state index contributed by atoms with van der Waals surface area (Å²) < 4.78 is 6.51. The summed E-state index contributed by atoms with van der Waals surface area (Å²) in [6.45, 7) is -0.166. The zero-order valence-electron chi connectivity index (χ0n) is 12.8. The van der Waals surface area contributed by atoms with Crippen molar-refractivity contribution >= 4 is 27.0 Å². The molecule has 7 heteroatoms. The third kappa shape index (κ3) is 2.99. The Balaban J connectivity index is 1.73. The van der Waals surface area contributed by atoms with Gasteiger partial charge >= 0.3 is 0 Å². The van der Waals surface area contributed by atoms with Crippen LogP contribution in [-0.2, 0) is 6.61 Å². The van der Waals surface area contributed by atoms with Gasteiger partial charge in [-0.15, -0.1) is 0 Å². The van der Waals surface area contributed by atoms with Crippen LogP contribution in [0, 0.1) is 0 Å². The first kappa shape index (κ1) is 15.7. The molecule has 0 atom stereocenters. The topological polar surface area (TPSA) is 92.3 Å². The zero-order chi connectivity index (χ0) is 17.4. The molecule has 0 spiro atoms. The standard InChI is InChI=1S/C18H12BrN3O3/c19-11-5-13(16(9-23)21-8-11)14-3-1-10(7-20-14)18-22-15-6-12(24)2-4-17(15)25-18/h1-8,23-24H,9H2. The Bertz CT molecular complexity index is 1060. The number of hydrogen-bond donors (Lipinski definition) is 2. The normalized spacial score (nSPS) is 11.1. The van der Waals surface area contributed by atoms with E-state index in [-0.39, 0.29) is 12.4 Å². The monoisotopic (exact) mass is 397 g/mol. The van der Waals surface area contributed by atoms with Gasteiger partial charge in [-0.1, -0.05) is 0 Å². The third-order valence-corrected chi connectivity index (χ3v) is 4.18. The first-order chi connectivity index (χ1) is 12.1. The van der Waals surface area contributed by atoms with Crippen LogP contribution in [0.15, 0.2) is 57.7 Å². The number of phenolic OH excluding ortho intramolecular Hbond substituents is 1. The number of aromatic nitrogens is 3. The number of aliphatic hydroxyl groups is 1. The van der Waals surface area contributed by atoms with Gasteiger partial charge in [-0.2, -0.15) is 0 Å². The van der Waals surface area contributed by atoms with Gasteiger partial charge in [-0.25, -0.2) is 4.98 Å². The summed E-state index contributed by atoms with van der Waals surface area (Å²) in [7, 11) is 0. The molecule has 3 aromatic heterocycles. The lowest BCUT2D eigenvalue weighted by molar-refractivity contribution is 0.277. The maximum Gasteiger partial charge on any atom is 0.228 e. The minimum absolute atomic E-state index is 0.138. The molecule has 3 heterocycles. The Morgan fingerprint density at radius 2 is 1.92 bits per heavy atom. The van der Waals surface area contributed by atoms with E-state index < -0.39 is 0 Å². The van der Waals surface area contributed by atoms with Crippen LogP contribution in [0.25, 0.3) is 33.8 Å². The Morgan fingerprint density at radius 3 is 2.68 bits per heavy atom. The van der Waals surface area contributed by atoms with Gasteiger partial charge in [0.05, 0.1) is 23.6 Å². The summed E-state index contributed by atoms with van der Waals surface area (Å²) >= 11 is 3.38. The molecule has 0 aliphatic rings. The van der Waals surface area contributed by atoms with Crippen LogP contribution >= 0.6 is 15.9 Å². The smallest absolute Gasteiger partial charge is 0.228 e. The van der Waals surface area contributed by atoms with Crippen molar-refractivity contribution in [2.24, 2.45) is 0 Å². The first-order valence-corrected chi connectivity index (χ1v) is 8.25. The van der Waals surface area contributed by atoms with Crippen molar-refractivity contribution in [3.63, 3.8) is 0 Å². The SMILES string of the molecule is OCc1ncc(Br)cc1-c1ccc(-c2nc3cc(O)ccc3o2)cn1. The van der Waals surface area contributed by atoms with E-state index in [1.807, 2.05) is 18.2 Å². The van der Waals surface area contributed by atoms with Crippen molar-refractivity contribution in [2.45, 2.75) is 6.61 Å². The summed E-state index contributed by atoms with van der Waals surface area (Å²) in [5.74, 6) is 0.564. The largest absolute Gasteiger partial charge is 0.508 e. The number of benzene rings is 1. The van der Waals surface area contributed by atoms with E-state index >= 15 is 0 Å². The minimum Gasteiger partial charge on any atom is -0.508 e. The van der Waals surface area contributed by atoms with E-state index in [1.54, 1.807) is 30.6 Å². The second-order valence-corrected chi connectivity index (χ2v) is 6.32. The lowest BCUT2D eigenvalue weighted by atomic mass is 10.1. The molecule has 0 radical (unpaired) electrons. The number of phenols is 1. The molecule has 124 valence electrons. The van der Waals surface area contributed by atoms with Crippen molar-refractivity contribution in [2.75, 3.05) is 0 Å². The molecule has 4 aromatic rings. The molecule has 2 N–H and O–H groups in total. The predicted octanol–water partition coefficient (Wildman–Crippen LogP) is 3.91. The zero-order valence-corrected chi connectivity index (χ0v) is 14.4. The van der Waals surface area contributed by atoms with Gasteiger partial charge in [-0.3, -0.25) is 9.97 Å². The summed E-state index contributed by atoms with van der Waals surface area (Å²) in [5, 5.41) is 19.0. The van der Waals surface area contributed by atoms with Crippen LogP contribution in [-0.4, -0.2) is 25.2 Å². The maximum atomic E-state index is 9.52. The third-order valence-electron chi connectivity index (χ3n) is 3.74. The number of nitrogens with zero attached hydrogens (tertiary/aromatic N) is 3. The fraction of sp³-hybridized carbons (Fsp3) is 0.0556. The number of hydrogen-bond acceptors (Lipinski definition) is 6. The van der Waals surface area contributed by atoms with Crippen molar-refractivity contribution in [1.82, 2.24) is 15.0 Å². The van der Waals surface area contributed by atoms with Gasteiger partial charge in [-0.05, 0) is 46.3 Å². The van der Waals surface area contributed by atoms with Crippen molar-refractivity contribution < 1.29 is 14.6 Å². The Hall–Kier alpha value is -2.77. The van der Waals surface area contributed by atoms with Crippen LogP contribution < -0.4 is 0 Å². The fourth-order valence-corrected chi connectivity index (χ4v) is 2.87. The van der Waals surface area contributed by atoms with E-state index in [4.69, 9.17) is 4.42 Å². The fourth-order valence-electron chi connectivity index (χ4n) is 2.53. The van der Waals surface area contributed by atoms with Gasteiger partial charge in [0.25, 0.3) is 0 Å². The lowest BCUT2D eigenvalue weighted by Gasteiger charge is -2.07. The minimum atomic E-state index is -0.166. The highest BCUT2D eigenvalue weighted by molar-refractivity contribution is 9.10. The molecular formula is C18H12BrN3O3. The van der Waals surface area contributed by atoms with Crippen LogP contribution in [0.4, 0.5) is 0 Å². The van der Waals surface area contributed by atoms with Gasteiger partial charge in [0.1, 0.15) is 11.3 Å². The predicted molar refractivity (Wildman–Crippen MR) is 95.8 cm³/mol. The Labute approximate surface area is 151 Å². The summed E-state index contributed by atoms with van der Waals surface area (Å²) in [6, 6.07) is 10.3. The molecule has 0 saturated heterocycles. The lowest BCUT2D eigenvalue weighted by Crippen LogP contribution is -1.95. The summed E-state index contributed by atoms with van der Waals surface area (Å²) in [5.41, 5.74) is 3.89. The van der Waals surface area contributed by atoms with Crippen molar-refractivity contribution in [1.29, 1.82) is 0 Å². The second-order valence-electron chi connectivity index (χ2n) is 5.41. The molecule has 0 saturated carbocycles. The number of oxazole rings is 1. The van der Waals surface area contributed by atoms with Gasteiger partial charge < -0.3 is 14.6 Å². The van der Waals surface area contributed by atoms with Crippen LogP contribution in [0.2, 0.25) is 0 Å². The molecule has 25 heavy (non-hydrogen) atoms. The van der Waals surface area contributed by atoms with Gasteiger partial charge in [0.15, 0.2) is 5.58 Å². The highest BCUT2D eigenvalue weighted by Gasteiger charge is 2.12. The van der Waals surface area contributed by atoms with Crippen LogP contribution in [0.5, 0.6) is 5.75 Å². The molecule has 4 rings (SSSR count). The molecule has 0 aliphatic carbocycles. The molecule has 0 aliphatic heterocycles. The van der Waals surface area contributed by atoms with Gasteiger partial charge in [0, 0.05) is 28.5 Å². The highest BCUT2D eigenvalue weighted by Crippen LogP contribution is 2.29. The Morgan fingerprint density at radius 1 is 1.04 bits per heavy atom. The van der Waals surface area contributed by atoms with E-state index in [0.29, 0.717) is 33.9 Å². The van der Waals surface area contributed by atoms with E-state index in [0.717, 1.165) is 10.0 Å². The molecular weight excluding hydrogens is 386 g/mol. The maximum absolute atomic E-state index is 9.52. The van der Waals surface area contributed by atoms with E-state index in [1.165, 1.54) is 0 Å². The molecule has 6 nitrogen and oxygen atoms in total. The summed E-state index contributed by atoms with van der Waals surface area (Å²) in [4.78, 5) is 13.0. The van der Waals surface area contributed by atoms with Crippen molar-refractivity contribution in [3.8, 4) is 28.5 Å². The number of fused-ring (bicyclic) bond motifs is 1. The highest BCUT2D eigenvalue weighted by atomic mass is 79.9. The quantitative estimate of drug-likeness (QED) is 0.544. The van der Waals surface area contributed by atoms with Crippen LogP contribution in [0.3, 0.4) is 0 Å². The molecule has 0 amide bonds. The summed E-state index contributed by atoms with van der Waals surface area (Å²) in [6.07, 6.45) is 3.29. The van der Waals surface area contributed by atoms with E-state index in [9.17, 15) is 10.2 Å². The molecule has 0 unspecified atom stereocenters.